The van der Waals surface area contributed by atoms with Gasteiger partial charge in [-0.15, -0.1) is 0 Å². The average molecular weight is 319 g/mol. The molecule has 130 valence electrons. The molecule has 0 aliphatic carbocycles. The van der Waals surface area contributed by atoms with Crippen molar-refractivity contribution < 1.29 is 4.79 Å². The maximum absolute atomic E-state index is 12.6. The van der Waals surface area contributed by atoms with E-state index in [4.69, 9.17) is 5.73 Å². The highest BCUT2D eigenvalue weighted by Gasteiger charge is 2.22. The minimum atomic E-state index is -0.160. The molecule has 0 bridgehead atoms. The Morgan fingerprint density at radius 2 is 1.70 bits per heavy atom. The van der Waals surface area contributed by atoms with Crippen molar-refractivity contribution >= 4 is 17.3 Å². The highest BCUT2D eigenvalue weighted by Crippen LogP contribution is 2.19. The van der Waals surface area contributed by atoms with E-state index < -0.39 is 0 Å². The molecule has 4 heteroatoms. The predicted octanol–water partition coefficient (Wildman–Crippen LogP) is 3.77. The Labute approximate surface area is 141 Å². The van der Waals surface area contributed by atoms with Crippen LogP contribution in [0.1, 0.15) is 47.1 Å². The molecule has 0 aliphatic heterocycles. The number of anilines is 2. The first kappa shape index (κ1) is 19.5. The topological polar surface area (TPSA) is 58.4 Å². The molecule has 0 radical (unpaired) electrons. The van der Waals surface area contributed by atoms with Crippen LogP contribution in [-0.2, 0) is 11.2 Å². The van der Waals surface area contributed by atoms with Gasteiger partial charge in [0.25, 0.3) is 0 Å². The van der Waals surface area contributed by atoms with E-state index >= 15 is 0 Å². The summed E-state index contributed by atoms with van der Waals surface area (Å²) < 4.78 is 0. The standard InChI is InChI=1S/C19H33N3O/c1-7-16-8-9-17(10-18(16)20)21-19(23)15(6)22(11-13(2)3)12-14(4)5/h8-10,13-15H,7,11-12,20H2,1-6H3,(H,21,23). The summed E-state index contributed by atoms with van der Waals surface area (Å²) in [5, 5.41) is 3.00. The number of amides is 1. The van der Waals surface area contributed by atoms with Crippen LogP contribution in [0.2, 0.25) is 0 Å². The molecule has 0 saturated heterocycles. The molecule has 23 heavy (non-hydrogen) atoms. The molecule has 0 fully saturated rings. The van der Waals surface area contributed by atoms with Crippen LogP contribution < -0.4 is 11.1 Å². The molecule has 0 heterocycles. The van der Waals surface area contributed by atoms with Crippen LogP contribution in [0, 0.1) is 11.8 Å². The van der Waals surface area contributed by atoms with Gasteiger partial charge in [0.2, 0.25) is 5.91 Å². The fourth-order valence-electron chi connectivity index (χ4n) is 2.74. The summed E-state index contributed by atoms with van der Waals surface area (Å²) in [5.41, 5.74) is 8.63. The van der Waals surface area contributed by atoms with Gasteiger partial charge in [-0.3, -0.25) is 9.69 Å². The summed E-state index contributed by atoms with van der Waals surface area (Å²) in [6, 6.07) is 5.59. The third-order valence-corrected chi connectivity index (χ3v) is 3.92. The largest absolute Gasteiger partial charge is 0.398 e. The van der Waals surface area contributed by atoms with E-state index in [1.165, 1.54) is 0 Å². The van der Waals surface area contributed by atoms with Gasteiger partial charge in [0, 0.05) is 24.5 Å². The van der Waals surface area contributed by atoms with Crippen molar-refractivity contribution in [1.82, 2.24) is 4.90 Å². The number of nitrogens with one attached hydrogen (secondary N) is 1. The van der Waals surface area contributed by atoms with Crippen LogP contribution in [-0.4, -0.2) is 29.9 Å². The number of nitrogens with two attached hydrogens (primary N) is 1. The van der Waals surface area contributed by atoms with Crippen LogP contribution >= 0.6 is 0 Å². The molecule has 3 N–H and O–H groups in total. The van der Waals surface area contributed by atoms with Crippen molar-refractivity contribution in [3.63, 3.8) is 0 Å². The second kappa shape index (κ2) is 8.92. The molecule has 1 aromatic carbocycles. The maximum atomic E-state index is 12.6. The molecule has 1 atom stereocenters. The van der Waals surface area contributed by atoms with Gasteiger partial charge in [0.05, 0.1) is 6.04 Å². The molecular formula is C19H33N3O. The number of nitrogen functional groups attached to an aromatic ring is 1. The highest BCUT2D eigenvalue weighted by molar-refractivity contribution is 5.95. The summed E-state index contributed by atoms with van der Waals surface area (Å²) in [7, 11) is 0. The maximum Gasteiger partial charge on any atom is 0.241 e. The smallest absolute Gasteiger partial charge is 0.241 e. The second-order valence-electron chi connectivity index (χ2n) is 7.17. The van der Waals surface area contributed by atoms with Crippen LogP contribution in [0.15, 0.2) is 18.2 Å². The van der Waals surface area contributed by atoms with E-state index in [0.717, 1.165) is 36.4 Å². The van der Waals surface area contributed by atoms with E-state index in [-0.39, 0.29) is 11.9 Å². The van der Waals surface area contributed by atoms with Gasteiger partial charge in [-0.25, -0.2) is 0 Å². The quantitative estimate of drug-likeness (QED) is 0.717. The normalized spacial score (nSPS) is 12.9. The number of aryl methyl sites for hydroxylation is 1. The summed E-state index contributed by atoms with van der Waals surface area (Å²) in [6.45, 7) is 14.6. The summed E-state index contributed by atoms with van der Waals surface area (Å²) in [6.07, 6.45) is 0.896. The molecule has 4 nitrogen and oxygen atoms in total. The van der Waals surface area contributed by atoms with E-state index in [0.29, 0.717) is 11.8 Å². The van der Waals surface area contributed by atoms with E-state index in [9.17, 15) is 4.79 Å². The number of hydrogen-bond acceptors (Lipinski definition) is 3. The Morgan fingerprint density at radius 1 is 1.13 bits per heavy atom. The van der Waals surface area contributed by atoms with Crippen LogP contribution in [0.3, 0.4) is 0 Å². The summed E-state index contributed by atoms with van der Waals surface area (Å²) >= 11 is 0. The van der Waals surface area contributed by atoms with E-state index in [2.05, 4.69) is 44.8 Å². The fraction of sp³-hybridized carbons (Fsp3) is 0.632. The van der Waals surface area contributed by atoms with Crippen LogP contribution in [0.5, 0.6) is 0 Å². The molecule has 0 saturated carbocycles. The SMILES string of the molecule is CCc1ccc(NC(=O)C(C)N(CC(C)C)CC(C)C)cc1N. The lowest BCUT2D eigenvalue weighted by Gasteiger charge is -2.31. The Bertz CT molecular complexity index is 501. The summed E-state index contributed by atoms with van der Waals surface area (Å²) in [5.74, 6) is 1.09. The van der Waals surface area contributed by atoms with Crippen molar-refractivity contribution in [3.05, 3.63) is 23.8 Å². The van der Waals surface area contributed by atoms with Gasteiger partial charge in [0.1, 0.15) is 0 Å². The minimum Gasteiger partial charge on any atom is -0.398 e. The first-order valence-electron chi connectivity index (χ1n) is 8.67. The van der Waals surface area contributed by atoms with Crippen molar-refractivity contribution in [2.45, 2.75) is 54.0 Å². The van der Waals surface area contributed by atoms with Crippen molar-refractivity contribution in [2.24, 2.45) is 11.8 Å². The highest BCUT2D eigenvalue weighted by atomic mass is 16.2. The summed E-state index contributed by atoms with van der Waals surface area (Å²) in [4.78, 5) is 14.8. The predicted molar refractivity (Wildman–Crippen MR) is 99.6 cm³/mol. The van der Waals surface area contributed by atoms with Gasteiger partial charge >= 0.3 is 0 Å². The first-order chi connectivity index (χ1) is 10.7. The number of nitrogens with zero attached hydrogens (tertiary/aromatic N) is 1. The van der Waals surface area contributed by atoms with Gasteiger partial charge in [0.15, 0.2) is 0 Å². The molecule has 1 rings (SSSR count). The van der Waals surface area contributed by atoms with Crippen molar-refractivity contribution in [1.29, 1.82) is 0 Å². The molecule has 0 aliphatic rings. The Kier molecular flexibility index (Phi) is 7.56. The molecule has 0 spiro atoms. The minimum absolute atomic E-state index is 0.0231. The molecule has 1 unspecified atom stereocenters. The number of hydrogen-bond donors (Lipinski definition) is 2. The van der Waals surface area contributed by atoms with Crippen LogP contribution in [0.4, 0.5) is 11.4 Å². The number of benzene rings is 1. The van der Waals surface area contributed by atoms with Gasteiger partial charge < -0.3 is 11.1 Å². The zero-order chi connectivity index (χ0) is 17.6. The fourth-order valence-corrected chi connectivity index (χ4v) is 2.74. The Hall–Kier alpha value is -1.55. The third kappa shape index (κ3) is 6.22. The molecule has 0 aromatic heterocycles. The zero-order valence-corrected chi connectivity index (χ0v) is 15.5. The Morgan fingerprint density at radius 3 is 2.13 bits per heavy atom. The number of rotatable bonds is 8. The average Bonchev–Trinajstić information content (AvgIpc) is 2.45. The van der Waals surface area contributed by atoms with E-state index in [1.54, 1.807) is 0 Å². The lowest BCUT2D eigenvalue weighted by atomic mass is 10.1. The first-order valence-corrected chi connectivity index (χ1v) is 8.67. The van der Waals surface area contributed by atoms with Crippen LogP contribution in [0.25, 0.3) is 0 Å². The lowest BCUT2D eigenvalue weighted by Crippen LogP contribution is -2.45. The van der Waals surface area contributed by atoms with Crippen molar-refractivity contribution in [2.75, 3.05) is 24.1 Å². The Balaban J connectivity index is 2.78. The van der Waals surface area contributed by atoms with Gasteiger partial charge in [-0.1, -0.05) is 40.7 Å². The van der Waals surface area contributed by atoms with E-state index in [1.807, 2.05) is 25.1 Å². The molecule has 1 aromatic rings. The monoisotopic (exact) mass is 319 g/mol. The number of carbonyl (C=O) groups is 1. The van der Waals surface area contributed by atoms with Crippen molar-refractivity contribution in [3.8, 4) is 0 Å². The lowest BCUT2D eigenvalue weighted by molar-refractivity contribution is -0.121. The number of carbonyl (C=O) groups excluding carboxylic acids is 1. The van der Waals surface area contributed by atoms with Gasteiger partial charge in [-0.2, -0.15) is 0 Å². The molecular weight excluding hydrogens is 286 g/mol. The zero-order valence-electron chi connectivity index (χ0n) is 15.5. The third-order valence-electron chi connectivity index (χ3n) is 3.92. The van der Waals surface area contributed by atoms with Gasteiger partial charge in [-0.05, 0) is 42.9 Å². The molecule has 1 amide bonds. The second-order valence-corrected chi connectivity index (χ2v) is 7.17.